The van der Waals surface area contributed by atoms with Crippen molar-refractivity contribution in [2.24, 2.45) is 0 Å². The largest absolute Gasteiger partial charge is 0.0985 e. The van der Waals surface area contributed by atoms with Gasteiger partial charge < -0.3 is 0 Å². The maximum atomic E-state index is 4.05. The van der Waals surface area contributed by atoms with E-state index < -0.39 is 0 Å². The number of hydrogen-bond acceptors (Lipinski definition) is 0. The fraction of sp³-hybridized carbons (Fsp3) is 0. The zero-order chi connectivity index (χ0) is 78.7. The van der Waals surface area contributed by atoms with Crippen LogP contribution in [0.2, 0.25) is 0 Å². The third kappa shape index (κ3) is 12.4. The number of rotatable bonds is 10. The van der Waals surface area contributed by atoms with E-state index in [1.165, 1.54) is 218 Å². The Labute approximate surface area is 686 Å². The molecule has 0 aliphatic carbocycles. The Kier molecular flexibility index (Phi) is 17.9. The third-order valence-electron chi connectivity index (χ3n) is 24.4. The molecule has 550 valence electrons. The van der Waals surface area contributed by atoms with Gasteiger partial charge in [-0.2, -0.15) is 0 Å². The highest BCUT2D eigenvalue weighted by atomic mass is 14.3. The first kappa shape index (κ1) is 70.5. The minimum absolute atomic E-state index is 1.12. The lowest BCUT2D eigenvalue weighted by atomic mass is 9.84. The van der Waals surface area contributed by atoms with E-state index in [1.54, 1.807) is 0 Å². The Balaban J connectivity index is 0.000000114. The summed E-state index contributed by atoms with van der Waals surface area (Å²) in [5.74, 6) is 0. The molecule has 118 heavy (non-hydrogen) atoms. The van der Waals surface area contributed by atoms with Crippen LogP contribution >= 0.6 is 0 Å². The van der Waals surface area contributed by atoms with E-state index in [0.717, 1.165) is 16.7 Å². The van der Waals surface area contributed by atoms with Crippen LogP contribution in [0.5, 0.6) is 0 Å². The minimum Gasteiger partial charge on any atom is -0.0985 e. The molecular weight excluding hydrogens is 1420 g/mol. The minimum atomic E-state index is 1.12. The highest BCUT2D eigenvalue weighted by Crippen LogP contribution is 2.50. The quantitative estimate of drug-likeness (QED) is 0.0946. The van der Waals surface area contributed by atoms with E-state index in [1.807, 2.05) is 18.2 Å². The summed E-state index contributed by atoms with van der Waals surface area (Å²) in [6, 6.07) is 153. The molecule has 0 aliphatic rings. The van der Waals surface area contributed by atoms with E-state index in [9.17, 15) is 0 Å². The summed E-state index contributed by atoms with van der Waals surface area (Å²) in [6.07, 6.45) is 5.75. The molecule has 0 heteroatoms. The van der Waals surface area contributed by atoms with Crippen LogP contribution in [0.1, 0.15) is 16.7 Å². The van der Waals surface area contributed by atoms with Gasteiger partial charge in [0.1, 0.15) is 0 Å². The third-order valence-corrected chi connectivity index (χ3v) is 24.4. The molecule has 0 saturated carbocycles. The van der Waals surface area contributed by atoms with Crippen molar-refractivity contribution in [2.75, 3.05) is 0 Å². The monoisotopic (exact) mass is 1490 g/mol. The number of benzene rings is 23. The average Bonchev–Trinajstić information content (AvgIpc) is 0.728. The van der Waals surface area contributed by atoms with Crippen LogP contribution in [-0.2, 0) is 0 Å². The molecule has 0 bridgehead atoms. The van der Waals surface area contributed by atoms with Crippen molar-refractivity contribution in [3.63, 3.8) is 0 Å². The van der Waals surface area contributed by atoms with Crippen LogP contribution in [0.25, 0.3) is 236 Å². The zero-order valence-electron chi connectivity index (χ0n) is 65.2. The molecule has 0 aliphatic heterocycles. The second kappa shape index (κ2) is 29.9. The van der Waals surface area contributed by atoms with Crippen molar-refractivity contribution in [1.29, 1.82) is 0 Å². The molecule has 0 radical (unpaired) electrons. The smallest absolute Gasteiger partial charge is 0.00201 e. The summed E-state index contributed by atoms with van der Waals surface area (Å²) in [6.45, 7) is 12.0. The van der Waals surface area contributed by atoms with Gasteiger partial charge >= 0.3 is 0 Å². The molecule has 23 aromatic rings. The average molecular weight is 1500 g/mol. The van der Waals surface area contributed by atoms with Crippen LogP contribution in [0.4, 0.5) is 0 Å². The molecule has 0 amide bonds. The van der Waals surface area contributed by atoms with Crippen molar-refractivity contribution < 1.29 is 0 Å². The fourth-order valence-corrected chi connectivity index (χ4v) is 18.7. The summed E-state index contributed by atoms with van der Waals surface area (Å²) in [5, 5.41) is 32.9. The lowest BCUT2D eigenvalue weighted by molar-refractivity contribution is 1.63. The maximum Gasteiger partial charge on any atom is -0.00201 e. The van der Waals surface area contributed by atoms with Gasteiger partial charge in [0.25, 0.3) is 0 Å². The lowest BCUT2D eigenvalue weighted by Crippen LogP contribution is -1.92. The standard InChI is InChI=1S/C50H32.C36H24.C32H22/c1-2-32-15-17-35(18-16-32)49-43-13-7-8-14-44(43)50(45-26-25-40(30-48(45)49)39-22-19-33-9-3-4-10-36(33)27-39)42-24-21-34-20-23-41-28-37-11-5-6-12-38(37)29-47(41)46(34)31-42;1-2-24-21-22-34(29-14-6-5-13-28(24)29)36-32-17-9-7-15-30(32)35(31-16-8-10-18-33(31)36)27-20-19-25-11-3-4-12-26(25)23-27;1-2-22-15-17-24(18-16-22)31-27-11-5-7-13-29(27)32(30-14-8-6-12-28(30)31)26-20-19-23-9-3-4-10-25(23)21-26/h2-31H,1H2;2-23H,1H2;2-21H,1H2. The molecule has 0 fully saturated rings. The van der Waals surface area contributed by atoms with Crippen LogP contribution in [0, 0.1) is 0 Å². The molecular formula is C118H78. The summed E-state index contributed by atoms with van der Waals surface area (Å²) in [5.41, 5.74) is 21.0. The Morgan fingerprint density at radius 1 is 0.136 bits per heavy atom. The van der Waals surface area contributed by atoms with E-state index in [4.69, 9.17) is 0 Å². The van der Waals surface area contributed by atoms with E-state index in [-0.39, 0.29) is 0 Å². The molecule has 0 saturated heterocycles. The van der Waals surface area contributed by atoms with Gasteiger partial charge in [0.2, 0.25) is 0 Å². The van der Waals surface area contributed by atoms with Gasteiger partial charge in [-0.15, -0.1) is 0 Å². The maximum absolute atomic E-state index is 4.05. The van der Waals surface area contributed by atoms with Crippen molar-refractivity contribution in [1.82, 2.24) is 0 Å². The molecule has 0 N–H and O–H groups in total. The number of fused-ring (bicyclic) bond motifs is 14. The van der Waals surface area contributed by atoms with E-state index >= 15 is 0 Å². The molecule has 0 spiro atoms. The van der Waals surface area contributed by atoms with Gasteiger partial charge in [-0.25, -0.2) is 0 Å². The predicted molar refractivity (Wildman–Crippen MR) is 515 cm³/mol. The van der Waals surface area contributed by atoms with Crippen molar-refractivity contribution >= 4 is 158 Å². The van der Waals surface area contributed by atoms with Gasteiger partial charge in [0.05, 0.1) is 0 Å². The first-order valence-electron chi connectivity index (χ1n) is 40.7. The van der Waals surface area contributed by atoms with Crippen LogP contribution < -0.4 is 0 Å². The fourth-order valence-electron chi connectivity index (χ4n) is 18.7. The zero-order valence-corrected chi connectivity index (χ0v) is 65.2. The van der Waals surface area contributed by atoms with Gasteiger partial charge in [-0.05, 0) is 277 Å². The summed E-state index contributed by atoms with van der Waals surface area (Å²) >= 11 is 0. The van der Waals surface area contributed by atoms with Crippen LogP contribution in [0.15, 0.2) is 438 Å². The second-order valence-electron chi connectivity index (χ2n) is 31.0. The van der Waals surface area contributed by atoms with E-state index in [2.05, 4.69) is 438 Å². The molecule has 0 unspecified atom stereocenters. The molecule has 0 aromatic heterocycles. The van der Waals surface area contributed by atoms with Crippen LogP contribution in [-0.4, -0.2) is 0 Å². The highest BCUT2D eigenvalue weighted by molar-refractivity contribution is 6.27. The normalized spacial score (nSPS) is 11.5. The SMILES string of the molecule is C=Cc1ccc(-c2c3ccccc3c(-c3ccc4ccc5cc6ccccc6cc5c4c3)c3ccc(-c4ccc5ccccc5c4)cc23)cc1.C=Cc1ccc(-c2c3ccccc3c(-c3ccc4ccccc4c3)c3ccccc23)c2ccccc12.C=Cc1ccc(-c2c3ccccc3c(-c3ccc4ccccc4c3)c3ccccc23)cc1. The predicted octanol–water partition coefficient (Wildman–Crippen LogP) is 33.6. The van der Waals surface area contributed by atoms with Crippen molar-refractivity contribution in [3.8, 4) is 77.9 Å². The Hall–Kier alpha value is -15.3. The van der Waals surface area contributed by atoms with Gasteiger partial charge in [-0.1, -0.05) is 414 Å². The summed E-state index contributed by atoms with van der Waals surface area (Å²) in [7, 11) is 0. The van der Waals surface area contributed by atoms with Gasteiger partial charge in [0.15, 0.2) is 0 Å². The Morgan fingerprint density at radius 2 is 0.407 bits per heavy atom. The summed E-state index contributed by atoms with van der Waals surface area (Å²) < 4.78 is 0. The Morgan fingerprint density at radius 3 is 0.839 bits per heavy atom. The second-order valence-corrected chi connectivity index (χ2v) is 31.0. The van der Waals surface area contributed by atoms with Crippen molar-refractivity contribution in [3.05, 3.63) is 455 Å². The Bertz CT molecular complexity index is 7920. The number of hydrogen-bond donors (Lipinski definition) is 0. The van der Waals surface area contributed by atoms with Crippen LogP contribution in [0.3, 0.4) is 0 Å². The molecule has 23 aromatic carbocycles. The molecule has 0 nitrogen and oxygen atoms in total. The van der Waals surface area contributed by atoms with Crippen molar-refractivity contribution in [2.45, 2.75) is 0 Å². The lowest BCUT2D eigenvalue weighted by Gasteiger charge is -2.19. The molecule has 0 atom stereocenters. The highest BCUT2D eigenvalue weighted by Gasteiger charge is 2.23. The topological polar surface area (TPSA) is 0 Å². The first-order valence-corrected chi connectivity index (χ1v) is 40.7. The molecule has 23 rings (SSSR count). The van der Waals surface area contributed by atoms with E-state index in [0.29, 0.717) is 0 Å². The molecule has 0 heterocycles. The first-order chi connectivity index (χ1) is 58.4. The summed E-state index contributed by atoms with van der Waals surface area (Å²) in [4.78, 5) is 0. The van der Waals surface area contributed by atoms with Gasteiger partial charge in [-0.3, -0.25) is 0 Å². The van der Waals surface area contributed by atoms with Gasteiger partial charge in [0, 0.05) is 0 Å².